The van der Waals surface area contributed by atoms with Gasteiger partial charge in [-0.15, -0.1) is 0 Å². The number of nitrogens with zero attached hydrogens (tertiary/aromatic N) is 1. The highest BCUT2D eigenvalue weighted by Crippen LogP contribution is 2.12. The van der Waals surface area contributed by atoms with E-state index in [0.29, 0.717) is 12.0 Å². The first-order valence-corrected chi connectivity index (χ1v) is 6.51. The van der Waals surface area contributed by atoms with Crippen LogP contribution in [0.25, 0.3) is 0 Å². The Morgan fingerprint density at radius 2 is 2.19 bits per heavy atom. The topological polar surface area (TPSA) is 105 Å². The fourth-order valence-electron chi connectivity index (χ4n) is 1.37. The van der Waals surface area contributed by atoms with Crippen molar-refractivity contribution < 1.29 is 14.7 Å². The second-order valence-electron chi connectivity index (χ2n) is 5.11. The molecule has 0 atom stereocenters. The number of aliphatic hydroxyl groups is 1. The molecule has 0 unspecified atom stereocenters. The lowest BCUT2D eigenvalue weighted by Gasteiger charge is -2.20. The molecule has 112 valence electrons. The van der Waals surface area contributed by atoms with E-state index in [0.717, 1.165) is 0 Å². The van der Waals surface area contributed by atoms with Crippen LogP contribution in [0.4, 0.5) is 0 Å². The van der Waals surface area contributed by atoms with E-state index < -0.39 is 17.2 Å². The predicted molar refractivity (Wildman–Crippen MR) is 78.1 cm³/mol. The van der Waals surface area contributed by atoms with Crippen LogP contribution in [0.3, 0.4) is 0 Å². The van der Waals surface area contributed by atoms with Gasteiger partial charge >= 0.3 is 0 Å². The molecule has 0 saturated heterocycles. The third-order valence-electron chi connectivity index (χ3n) is 2.84. The summed E-state index contributed by atoms with van der Waals surface area (Å²) in [5.74, 6) is 4.62. The maximum absolute atomic E-state index is 12.1. The Morgan fingerprint density at radius 1 is 1.48 bits per heavy atom. The van der Waals surface area contributed by atoms with Crippen molar-refractivity contribution in [2.75, 3.05) is 13.2 Å². The van der Waals surface area contributed by atoms with E-state index in [1.165, 1.54) is 6.20 Å². The van der Waals surface area contributed by atoms with E-state index >= 15 is 0 Å². The van der Waals surface area contributed by atoms with E-state index in [9.17, 15) is 9.59 Å². The highest BCUT2D eigenvalue weighted by Gasteiger charge is 2.26. The summed E-state index contributed by atoms with van der Waals surface area (Å²) in [6, 6.07) is 3.35. The smallest absolute Gasteiger partial charge is 0.271 e. The molecule has 2 amide bonds. The number of aliphatic hydroxyl groups excluding tert-OH is 1. The molecule has 6 heteroatoms. The van der Waals surface area contributed by atoms with Crippen molar-refractivity contribution in [2.45, 2.75) is 20.3 Å². The molecule has 6 nitrogen and oxygen atoms in total. The van der Waals surface area contributed by atoms with Gasteiger partial charge in [0.2, 0.25) is 5.91 Å². The van der Waals surface area contributed by atoms with Gasteiger partial charge in [-0.25, -0.2) is 4.98 Å². The van der Waals surface area contributed by atoms with Crippen molar-refractivity contribution in [2.24, 2.45) is 11.1 Å². The fourth-order valence-corrected chi connectivity index (χ4v) is 1.37. The second kappa shape index (κ2) is 7.41. The zero-order chi connectivity index (χ0) is 15.9. The molecule has 4 N–H and O–H groups in total. The zero-order valence-electron chi connectivity index (χ0n) is 12.1. The number of nitrogens with one attached hydrogen (secondary N) is 1. The maximum atomic E-state index is 12.1. The first-order valence-electron chi connectivity index (χ1n) is 6.51. The molecule has 0 fully saturated rings. The summed E-state index contributed by atoms with van der Waals surface area (Å²) in [5, 5.41) is 11.3. The summed E-state index contributed by atoms with van der Waals surface area (Å²) in [7, 11) is 0. The van der Waals surface area contributed by atoms with Crippen LogP contribution in [0.5, 0.6) is 0 Å². The van der Waals surface area contributed by atoms with E-state index in [1.807, 2.05) is 0 Å². The number of pyridine rings is 1. The normalized spacial score (nSPS) is 10.4. The van der Waals surface area contributed by atoms with E-state index in [2.05, 4.69) is 22.1 Å². The lowest BCUT2D eigenvalue weighted by Crippen LogP contribution is -2.42. The van der Waals surface area contributed by atoms with Gasteiger partial charge in [-0.05, 0) is 26.0 Å². The molecule has 0 aliphatic heterocycles. The van der Waals surface area contributed by atoms with Crippen molar-refractivity contribution in [3.8, 4) is 11.8 Å². The largest absolute Gasteiger partial charge is 0.395 e. The molecule has 0 radical (unpaired) electrons. The van der Waals surface area contributed by atoms with Gasteiger partial charge in [0.05, 0.1) is 17.6 Å². The van der Waals surface area contributed by atoms with Gasteiger partial charge in [0.25, 0.3) is 5.91 Å². The van der Waals surface area contributed by atoms with Crippen molar-refractivity contribution in [3.63, 3.8) is 0 Å². The lowest BCUT2D eigenvalue weighted by molar-refractivity contribution is -0.125. The number of carbonyl (C=O) groups is 2. The SMILES string of the molecule is CC(C)(CNC(=O)c1ncccc1C#CCCO)C(N)=O. The Balaban J connectivity index is 2.84. The Morgan fingerprint density at radius 3 is 2.81 bits per heavy atom. The molecule has 0 bridgehead atoms. The van der Waals surface area contributed by atoms with Gasteiger partial charge in [-0.2, -0.15) is 0 Å². The third-order valence-corrected chi connectivity index (χ3v) is 2.84. The highest BCUT2D eigenvalue weighted by atomic mass is 16.2. The van der Waals surface area contributed by atoms with E-state index in [4.69, 9.17) is 10.8 Å². The summed E-state index contributed by atoms with van der Waals surface area (Å²) in [4.78, 5) is 27.4. The molecule has 0 saturated carbocycles. The fraction of sp³-hybridized carbons (Fsp3) is 0.400. The van der Waals surface area contributed by atoms with Crippen LogP contribution in [0.15, 0.2) is 18.3 Å². The molecule has 1 rings (SSSR count). The number of hydrogen-bond acceptors (Lipinski definition) is 4. The van der Waals surface area contributed by atoms with Crippen LogP contribution >= 0.6 is 0 Å². The van der Waals surface area contributed by atoms with Gasteiger partial charge < -0.3 is 16.2 Å². The molecule has 0 aliphatic rings. The van der Waals surface area contributed by atoms with Crippen molar-refractivity contribution in [1.82, 2.24) is 10.3 Å². The first kappa shape index (κ1) is 16.7. The average molecular weight is 289 g/mol. The van der Waals surface area contributed by atoms with Gasteiger partial charge in [-0.3, -0.25) is 9.59 Å². The van der Waals surface area contributed by atoms with Crippen molar-refractivity contribution in [3.05, 3.63) is 29.6 Å². The number of aromatic nitrogens is 1. The highest BCUT2D eigenvalue weighted by molar-refractivity contribution is 5.95. The number of nitrogens with two attached hydrogens (primary N) is 1. The van der Waals surface area contributed by atoms with Crippen LogP contribution < -0.4 is 11.1 Å². The summed E-state index contributed by atoms with van der Waals surface area (Å²) in [6.07, 6.45) is 1.82. The van der Waals surface area contributed by atoms with Gasteiger partial charge in [0, 0.05) is 19.2 Å². The van der Waals surface area contributed by atoms with Crippen molar-refractivity contribution in [1.29, 1.82) is 0 Å². The monoisotopic (exact) mass is 289 g/mol. The van der Waals surface area contributed by atoms with Crippen molar-refractivity contribution >= 4 is 11.8 Å². The summed E-state index contributed by atoms with van der Waals surface area (Å²) in [6.45, 7) is 3.37. The second-order valence-corrected chi connectivity index (χ2v) is 5.11. The van der Waals surface area contributed by atoms with Crippen LogP contribution in [-0.2, 0) is 4.79 Å². The van der Waals surface area contributed by atoms with Gasteiger partial charge in [0.1, 0.15) is 5.69 Å². The summed E-state index contributed by atoms with van der Waals surface area (Å²) in [5.41, 5.74) is 5.07. The van der Waals surface area contributed by atoms with Gasteiger partial charge in [-0.1, -0.05) is 11.8 Å². The number of carbonyl (C=O) groups excluding carboxylic acids is 2. The quantitative estimate of drug-likeness (QED) is 0.666. The summed E-state index contributed by atoms with van der Waals surface area (Å²) < 4.78 is 0. The maximum Gasteiger partial charge on any atom is 0.271 e. The molecule has 0 spiro atoms. The van der Waals surface area contributed by atoms with Crippen LogP contribution in [0.1, 0.15) is 36.3 Å². The molecular weight excluding hydrogens is 270 g/mol. The van der Waals surface area contributed by atoms with Crippen LogP contribution in [0, 0.1) is 17.3 Å². The molecule has 1 aromatic heterocycles. The minimum atomic E-state index is -0.840. The lowest BCUT2D eigenvalue weighted by atomic mass is 9.93. The standard InChI is InChI=1S/C15H19N3O3/c1-15(2,14(16)21)10-18-13(20)12-11(6-3-4-9-19)7-5-8-17-12/h5,7-8,19H,4,9-10H2,1-2H3,(H2,16,21)(H,18,20). The Hall–Kier alpha value is -2.39. The van der Waals surface area contributed by atoms with Crippen LogP contribution in [-0.4, -0.2) is 35.1 Å². The number of primary amides is 1. The molecule has 1 aromatic rings. The molecular formula is C15H19N3O3. The first-order chi connectivity index (χ1) is 9.88. The summed E-state index contributed by atoms with van der Waals surface area (Å²) >= 11 is 0. The Bertz CT molecular complexity index is 585. The number of rotatable bonds is 5. The third kappa shape index (κ3) is 4.89. The predicted octanol–water partition coefficient (Wildman–Crippen LogP) is 0.0568. The molecule has 0 aliphatic carbocycles. The minimum Gasteiger partial charge on any atom is -0.395 e. The number of amides is 2. The zero-order valence-corrected chi connectivity index (χ0v) is 12.1. The van der Waals surface area contributed by atoms with Gasteiger partial charge in [0.15, 0.2) is 0 Å². The molecule has 1 heterocycles. The Kier molecular flexibility index (Phi) is 5.88. The Labute approximate surface area is 123 Å². The molecule has 21 heavy (non-hydrogen) atoms. The minimum absolute atomic E-state index is 0.0401. The van der Waals surface area contributed by atoms with E-state index in [-0.39, 0.29) is 18.8 Å². The van der Waals surface area contributed by atoms with Crippen LogP contribution in [0.2, 0.25) is 0 Å². The molecule has 0 aromatic carbocycles. The number of hydrogen-bond donors (Lipinski definition) is 3. The van der Waals surface area contributed by atoms with E-state index in [1.54, 1.807) is 26.0 Å². The average Bonchev–Trinajstić information content (AvgIpc) is 2.45.